The van der Waals surface area contributed by atoms with Crippen molar-refractivity contribution in [3.8, 4) is 6.07 Å². The summed E-state index contributed by atoms with van der Waals surface area (Å²) < 4.78 is 36.7. The normalized spacial score (nSPS) is 25.8. The van der Waals surface area contributed by atoms with Crippen molar-refractivity contribution in [2.45, 2.75) is 12.8 Å². The average Bonchev–Trinajstić information content (AvgIpc) is 2.62. The molecule has 1 heterocycles. The molecule has 96 valence electrons. The zero-order valence-corrected chi connectivity index (χ0v) is 11.1. The molecule has 0 bridgehead atoms. The number of hydrogen-bond acceptors (Lipinski definition) is 3. The van der Waals surface area contributed by atoms with E-state index in [9.17, 15) is 18.1 Å². The summed E-state index contributed by atoms with van der Waals surface area (Å²) >= 11 is 5.67. The molecule has 18 heavy (non-hydrogen) atoms. The molecule has 1 saturated heterocycles. The topological polar surface area (TPSA) is 57.9 Å². The van der Waals surface area contributed by atoms with E-state index >= 15 is 0 Å². The lowest BCUT2D eigenvalue weighted by atomic mass is 9.82. The standard InChI is InChI=1S/C12H11ClFNO2S/c13-10-3-1-2-9(11(10)14)6-12(7-15)4-5-18(16,17)8-12/h1-3H,4-6,8H2. The molecule has 0 saturated carbocycles. The molecule has 0 N–H and O–H groups in total. The molecule has 0 amide bonds. The highest BCUT2D eigenvalue weighted by atomic mass is 35.5. The van der Waals surface area contributed by atoms with E-state index in [2.05, 4.69) is 0 Å². The summed E-state index contributed by atoms with van der Waals surface area (Å²) in [5.41, 5.74) is -0.731. The van der Waals surface area contributed by atoms with Crippen LogP contribution in [0.2, 0.25) is 5.02 Å². The fraction of sp³-hybridized carbons (Fsp3) is 0.417. The molecule has 0 aliphatic carbocycles. The Morgan fingerprint density at radius 2 is 2.22 bits per heavy atom. The maximum atomic E-state index is 13.8. The van der Waals surface area contributed by atoms with Gasteiger partial charge in [0.05, 0.1) is 28.0 Å². The van der Waals surface area contributed by atoms with Crippen LogP contribution in [0.25, 0.3) is 0 Å². The van der Waals surface area contributed by atoms with Gasteiger partial charge in [-0.2, -0.15) is 5.26 Å². The van der Waals surface area contributed by atoms with Crippen molar-refractivity contribution < 1.29 is 12.8 Å². The minimum absolute atomic E-state index is 0.0112. The molecule has 0 spiro atoms. The van der Waals surface area contributed by atoms with Crippen molar-refractivity contribution in [2.24, 2.45) is 5.41 Å². The summed E-state index contributed by atoms with van der Waals surface area (Å²) in [5, 5.41) is 9.19. The van der Waals surface area contributed by atoms with Crippen molar-refractivity contribution >= 4 is 21.4 Å². The first kappa shape index (κ1) is 13.3. The second-order valence-corrected chi connectivity index (χ2v) is 7.22. The van der Waals surface area contributed by atoms with E-state index in [4.69, 9.17) is 11.6 Å². The van der Waals surface area contributed by atoms with E-state index < -0.39 is 21.1 Å². The highest BCUT2D eigenvalue weighted by molar-refractivity contribution is 7.91. The highest BCUT2D eigenvalue weighted by Crippen LogP contribution is 2.36. The second kappa shape index (κ2) is 4.52. The molecule has 6 heteroatoms. The lowest BCUT2D eigenvalue weighted by molar-refractivity contribution is 0.439. The summed E-state index contributed by atoms with van der Waals surface area (Å²) in [6.45, 7) is 0. The van der Waals surface area contributed by atoms with Crippen LogP contribution in [0.1, 0.15) is 12.0 Å². The van der Waals surface area contributed by atoms with E-state index in [1.807, 2.05) is 6.07 Å². The molecule has 1 unspecified atom stereocenters. The molecular formula is C12H11ClFNO2S. The third-order valence-corrected chi connectivity index (χ3v) is 5.30. The van der Waals surface area contributed by atoms with Gasteiger partial charge in [-0.3, -0.25) is 0 Å². The van der Waals surface area contributed by atoms with Crippen LogP contribution >= 0.6 is 11.6 Å². The largest absolute Gasteiger partial charge is 0.229 e. The molecule has 3 nitrogen and oxygen atoms in total. The van der Waals surface area contributed by atoms with Gasteiger partial charge in [0.1, 0.15) is 5.82 Å². The van der Waals surface area contributed by atoms with Crippen LogP contribution in [0.4, 0.5) is 4.39 Å². The lowest BCUT2D eigenvalue weighted by Gasteiger charge is -2.19. The van der Waals surface area contributed by atoms with Gasteiger partial charge in [-0.25, -0.2) is 12.8 Å². The number of halogens is 2. The summed E-state index contributed by atoms with van der Waals surface area (Å²) in [4.78, 5) is 0. The maximum Gasteiger partial charge on any atom is 0.151 e. The monoisotopic (exact) mass is 287 g/mol. The minimum atomic E-state index is -3.19. The van der Waals surface area contributed by atoms with Crippen LogP contribution in [-0.4, -0.2) is 19.9 Å². The molecule has 1 atom stereocenters. The van der Waals surface area contributed by atoms with E-state index in [1.165, 1.54) is 12.1 Å². The predicted octanol–water partition coefficient (Wildman–Crippen LogP) is 2.35. The van der Waals surface area contributed by atoms with Crippen molar-refractivity contribution in [3.05, 3.63) is 34.6 Å². The summed E-state index contributed by atoms with van der Waals surface area (Å²) in [5.74, 6) is -0.788. The van der Waals surface area contributed by atoms with E-state index in [0.29, 0.717) is 5.56 Å². The van der Waals surface area contributed by atoms with Crippen LogP contribution in [0.3, 0.4) is 0 Å². The van der Waals surface area contributed by atoms with Crippen LogP contribution < -0.4 is 0 Å². The molecule has 0 aromatic heterocycles. The van der Waals surface area contributed by atoms with Crippen LogP contribution in [-0.2, 0) is 16.3 Å². The number of sulfone groups is 1. The number of nitrogens with zero attached hydrogens (tertiary/aromatic N) is 1. The molecule has 0 radical (unpaired) electrons. The van der Waals surface area contributed by atoms with Gasteiger partial charge in [-0.1, -0.05) is 23.7 Å². The molecule has 1 aromatic carbocycles. The second-order valence-electron chi connectivity index (χ2n) is 4.62. The van der Waals surface area contributed by atoms with Gasteiger partial charge in [-0.05, 0) is 24.5 Å². The maximum absolute atomic E-state index is 13.8. The first-order chi connectivity index (χ1) is 8.37. The number of hydrogen-bond donors (Lipinski definition) is 0. The number of nitriles is 1. The molecular weight excluding hydrogens is 277 g/mol. The van der Waals surface area contributed by atoms with Gasteiger partial charge in [0.25, 0.3) is 0 Å². The zero-order valence-electron chi connectivity index (χ0n) is 9.49. The molecule has 1 aliphatic heterocycles. The predicted molar refractivity (Wildman–Crippen MR) is 66.4 cm³/mol. The van der Waals surface area contributed by atoms with Crippen molar-refractivity contribution in [1.29, 1.82) is 5.26 Å². The Labute approximate surface area is 110 Å². The van der Waals surface area contributed by atoms with Crippen LogP contribution in [0.15, 0.2) is 18.2 Å². The molecule has 2 rings (SSSR count). The fourth-order valence-corrected chi connectivity index (χ4v) is 4.43. The Morgan fingerprint density at radius 1 is 1.50 bits per heavy atom. The van der Waals surface area contributed by atoms with E-state index in [0.717, 1.165) is 0 Å². The Kier molecular flexibility index (Phi) is 3.35. The smallest absolute Gasteiger partial charge is 0.151 e. The third-order valence-electron chi connectivity index (χ3n) is 3.19. The van der Waals surface area contributed by atoms with Gasteiger partial charge >= 0.3 is 0 Å². The quantitative estimate of drug-likeness (QED) is 0.839. The molecule has 1 fully saturated rings. The minimum Gasteiger partial charge on any atom is -0.229 e. The Balaban J connectivity index is 2.33. The first-order valence-corrected chi connectivity index (χ1v) is 7.62. The van der Waals surface area contributed by atoms with Crippen LogP contribution in [0, 0.1) is 22.6 Å². The number of rotatable bonds is 2. The summed E-state index contributed by atoms with van der Waals surface area (Å²) in [6, 6.07) is 6.59. The zero-order chi connectivity index (χ0) is 13.4. The van der Waals surface area contributed by atoms with Gasteiger partial charge in [0, 0.05) is 0 Å². The highest BCUT2D eigenvalue weighted by Gasteiger charge is 2.43. The molecule has 1 aliphatic rings. The van der Waals surface area contributed by atoms with E-state index in [1.54, 1.807) is 6.07 Å². The van der Waals surface area contributed by atoms with Crippen molar-refractivity contribution in [2.75, 3.05) is 11.5 Å². The van der Waals surface area contributed by atoms with Crippen LogP contribution in [0.5, 0.6) is 0 Å². The van der Waals surface area contributed by atoms with Gasteiger partial charge < -0.3 is 0 Å². The van der Waals surface area contributed by atoms with Gasteiger partial charge in [0.15, 0.2) is 9.84 Å². The SMILES string of the molecule is N#CC1(Cc2cccc(Cl)c2F)CCS(=O)(=O)C1. The molecule has 1 aromatic rings. The van der Waals surface area contributed by atoms with Gasteiger partial charge in [0.2, 0.25) is 0 Å². The lowest BCUT2D eigenvalue weighted by Crippen LogP contribution is -2.23. The summed E-state index contributed by atoms with van der Waals surface area (Å²) in [7, 11) is -3.19. The number of benzene rings is 1. The Bertz CT molecular complexity index is 623. The third kappa shape index (κ3) is 2.50. The average molecular weight is 288 g/mol. The van der Waals surface area contributed by atoms with Crippen molar-refractivity contribution in [1.82, 2.24) is 0 Å². The Morgan fingerprint density at radius 3 is 2.78 bits per heavy atom. The van der Waals surface area contributed by atoms with E-state index in [-0.39, 0.29) is 29.4 Å². The fourth-order valence-electron chi connectivity index (χ4n) is 2.23. The summed E-state index contributed by atoms with van der Waals surface area (Å²) in [6.07, 6.45) is 0.326. The Hall–Kier alpha value is -1.12. The first-order valence-electron chi connectivity index (χ1n) is 5.42. The van der Waals surface area contributed by atoms with Gasteiger partial charge in [-0.15, -0.1) is 0 Å². The van der Waals surface area contributed by atoms with Crippen molar-refractivity contribution in [3.63, 3.8) is 0 Å².